The summed E-state index contributed by atoms with van der Waals surface area (Å²) in [6, 6.07) is 12.7. The van der Waals surface area contributed by atoms with Crippen molar-refractivity contribution in [1.29, 1.82) is 0 Å². The highest BCUT2D eigenvalue weighted by molar-refractivity contribution is 5.99. The Morgan fingerprint density at radius 3 is 2.76 bits per heavy atom. The molecule has 0 radical (unpaired) electrons. The molecule has 29 heavy (non-hydrogen) atoms. The van der Waals surface area contributed by atoms with Crippen molar-refractivity contribution in [3.63, 3.8) is 0 Å². The summed E-state index contributed by atoms with van der Waals surface area (Å²) in [6.45, 7) is 0. The number of aromatic amines is 1. The third kappa shape index (κ3) is 3.29. The average molecular weight is 393 g/mol. The molecule has 1 fully saturated rings. The number of amides is 2. The topological polar surface area (TPSA) is 83.7 Å². The molecule has 2 amide bonds. The molecule has 1 aromatic heterocycles. The second kappa shape index (κ2) is 7.50. The number of nitrogens with one attached hydrogen (secondary N) is 2. The summed E-state index contributed by atoms with van der Waals surface area (Å²) in [5, 5.41) is 4.03. The number of hydrogen-bond acceptors (Lipinski definition) is 4. The lowest BCUT2D eigenvalue weighted by atomic mass is 9.92. The van der Waals surface area contributed by atoms with Gasteiger partial charge in [-0.3, -0.25) is 9.59 Å². The van der Waals surface area contributed by atoms with Crippen molar-refractivity contribution in [2.24, 2.45) is 5.92 Å². The zero-order chi connectivity index (χ0) is 20.5. The van der Waals surface area contributed by atoms with Crippen LogP contribution in [0.25, 0.3) is 10.9 Å². The molecule has 1 aliphatic heterocycles. The molecule has 7 nitrogen and oxygen atoms in total. The Bertz CT molecular complexity index is 1070. The minimum absolute atomic E-state index is 0.0835. The molecule has 7 heteroatoms. The number of anilines is 1. The Hall–Kier alpha value is -3.48. The van der Waals surface area contributed by atoms with E-state index in [0.29, 0.717) is 17.2 Å². The summed E-state index contributed by atoms with van der Waals surface area (Å²) in [7, 11) is 4.83. The average Bonchev–Trinajstić information content (AvgIpc) is 3.31. The first-order chi connectivity index (χ1) is 14.0. The number of carbonyl (C=O) groups is 2. The highest BCUT2D eigenvalue weighted by atomic mass is 16.5. The van der Waals surface area contributed by atoms with E-state index in [4.69, 9.17) is 9.47 Å². The van der Waals surface area contributed by atoms with Gasteiger partial charge in [0, 0.05) is 36.4 Å². The molecule has 3 aromatic rings. The van der Waals surface area contributed by atoms with Gasteiger partial charge < -0.3 is 24.7 Å². The fourth-order valence-electron chi connectivity index (χ4n) is 4.04. The Morgan fingerprint density at radius 2 is 2.00 bits per heavy atom. The molecular formula is C22H23N3O4. The number of likely N-dealkylation sites (tertiary alicyclic amines) is 1. The number of benzene rings is 2. The van der Waals surface area contributed by atoms with Gasteiger partial charge in [0.1, 0.15) is 0 Å². The van der Waals surface area contributed by atoms with Crippen molar-refractivity contribution < 1.29 is 19.1 Å². The summed E-state index contributed by atoms with van der Waals surface area (Å²) >= 11 is 0. The predicted octanol–water partition coefficient (Wildman–Crippen LogP) is 3.34. The quantitative estimate of drug-likeness (QED) is 0.696. The van der Waals surface area contributed by atoms with Crippen LogP contribution < -0.4 is 14.8 Å². The van der Waals surface area contributed by atoms with Gasteiger partial charge in [0.25, 0.3) is 0 Å². The molecule has 2 aromatic carbocycles. The van der Waals surface area contributed by atoms with Crippen molar-refractivity contribution in [3.8, 4) is 11.5 Å². The Balaban J connectivity index is 1.66. The molecule has 1 saturated heterocycles. The molecular weight excluding hydrogens is 370 g/mol. The summed E-state index contributed by atoms with van der Waals surface area (Å²) in [5.41, 5.74) is 2.37. The van der Waals surface area contributed by atoms with Crippen LogP contribution in [0.1, 0.15) is 18.0 Å². The van der Waals surface area contributed by atoms with E-state index in [2.05, 4.69) is 10.3 Å². The first-order valence-corrected chi connectivity index (χ1v) is 9.38. The van der Waals surface area contributed by atoms with Crippen LogP contribution in [0.4, 0.5) is 5.69 Å². The van der Waals surface area contributed by atoms with Crippen molar-refractivity contribution in [2.75, 3.05) is 26.6 Å². The lowest BCUT2D eigenvalue weighted by Gasteiger charge is -2.27. The van der Waals surface area contributed by atoms with Crippen molar-refractivity contribution in [3.05, 3.63) is 54.2 Å². The van der Waals surface area contributed by atoms with Crippen molar-refractivity contribution in [2.45, 2.75) is 12.5 Å². The number of H-pyrrole nitrogens is 1. The summed E-state index contributed by atoms with van der Waals surface area (Å²) in [4.78, 5) is 30.4. The van der Waals surface area contributed by atoms with Gasteiger partial charge in [-0.15, -0.1) is 0 Å². The molecule has 150 valence electrons. The number of nitrogens with zero attached hydrogens (tertiary/aromatic N) is 1. The van der Waals surface area contributed by atoms with Gasteiger partial charge in [0.2, 0.25) is 11.8 Å². The van der Waals surface area contributed by atoms with E-state index in [1.54, 1.807) is 32.2 Å². The first kappa shape index (κ1) is 18.9. The van der Waals surface area contributed by atoms with Crippen LogP contribution in [-0.2, 0) is 9.59 Å². The van der Waals surface area contributed by atoms with Gasteiger partial charge in [-0.1, -0.05) is 18.2 Å². The zero-order valence-electron chi connectivity index (χ0n) is 16.6. The molecule has 1 aliphatic rings. The van der Waals surface area contributed by atoms with E-state index in [1.165, 1.54) is 0 Å². The number of fused-ring (bicyclic) bond motifs is 1. The Morgan fingerprint density at radius 1 is 1.17 bits per heavy atom. The maximum Gasteiger partial charge on any atom is 0.230 e. The summed E-state index contributed by atoms with van der Waals surface area (Å²) < 4.78 is 10.9. The third-order valence-electron chi connectivity index (χ3n) is 5.50. The van der Waals surface area contributed by atoms with Gasteiger partial charge in [-0.2, -0.15) is 0 Å². The number of ether oxygens (including phenoxy) is 2. The molecule has 2 atom stereocenters. The van der Waals surface area contributed by atoms with E-state index >= 15 is 0 Å². The number of para-hydroxylation sites is 1. The number of methoxy groups -OCH3 is 2. The van der Waals surface area contributed by atoms with Crippen LogP contribution in [-0.4, -0.2) is 43.0 Å². The van der Waals surface area contributed by atoms with Gasteiger partial charge in [-0.05, 0) is 29.7 Å². The number of rotatable bonds is 5. The fourth-order valence-corrected chi connectivity index (χ4v) is 4.04. The number of aromatic nitrogens is 1. The predicted molar refractivity (Wildman–Crippen MR) is 110 cm³/mol. The van der Waals surface area contributed by atoms with E-state index in [1.807, 2.05) is 42.6 Å². The van der Waals surface area contributed by atoms with Gasteiger partial charge in [0.15, 0.2) is 11.5 Å². The highest BCUT2D eigenvalue weighted by Crippen LogP contribution is 2.44. The monoisotopic (exact) mass is 393 g/mol. The highest BCUT2D eigenvalue weighted by Gasteiger charge is 2.44. The van der Waals surface area contributed by atoms with Crippen LogP contribution in [0.2, 0.25) is 0 Å². The number of carbonyl (C=O) groups excluding carboxylic acids is 2. The molecule has 0 unspecified atom stereocenters. The van der Waals surface area contributed by atoms with Crippen LogP contribution in [0, 0.1) is 5.92 Å². The van der Waals surface area contributed by atoms with Crippen molar-refractivity contribution in [1.82, 2.24) is 9.88 Å². The summed E-state index contributed by atoms with van der Waals surface area (Å²) in [5.74, 6) is 0.262. The van der Waals surface area contributed by atoms with Crippen molar-refractivity contribution >= 4 is 28.4 Å². The molecule has 4 rings (SSSR count). The second-order valence-corrected chi connectivity index (χ2v) is 7.11. The maximum atomic E-state index is 13.1. The lowest BCUT2D eigenvalue weighted by molar-refractivity contribution is -0.128. The van der Waals surface area contributed by atoms with Gasteiger partial charge in [-0.25, -0.2) is 0 Å². The van der Waals surface area contributed by atoms with Crippen LogP contribution in [0.15, 0.2) is 48.7 Å². The molecule has 0 aliphatic carbocycles. The van der Waals surface area contributed by atoms with E-state index in [9.17, 15) is 9.59 Å². The standard InChI is InChI=1S/C22H23N3O4/c1-25-19(26)12-16(20(25)15-5-4-6-18(28-2)21(15)29-3)22(27)24-14-8-7-13-9-10-23-17(13)11-14/h4-11,16,20,23H,12H2,1-3H3,(H,24,27)/t16-,20+/m0/s1. The van der Waals surface area contributed by atoms with E-state index < -0.39 is 12.0 Å². The van der Waals surface area contributed by atoms with Crippen LogP contribution >= 0.6 is 0 Å². The normalized spacial score (nSPS) is 18.9. The molecule has 0 bridgehead atoms. The van der Waals surface area contributed by atoms with Crippen LogP contribution in [0.3, 0.4) is 0 Å². The van der Waals surface area contributed by atoms with Crippen LogP contribution in [0.5, 0.6) is 11.5 Å². The number of hydrogen-bond donors (Lipinski definition) is 2. The lowest BCUT2D eigenvalue weighted by Crippen LogP contribution is -2.30. The third-order valence-corrected chi connectivity index (χ3v) is 5.50. The Labute approximate surface area is 168 Å². The van der Waals surface area contributed by atoms with E-state index in [0.717, 1.165) is 16.5 Å². The van der Waals surface area contributed by atoms with Gasteiger partial charge in [0.05, 0.1) is 26.2 Å². The molecule has 2 N–H and O–H groups in total. The maximum absolute atomic E-state index is 13.1. The zero-order valence-corrected chi connectivity index (χ0v) is 16.6. The van der Waals surface area contributed by atoms with E-state index in [-0.39, 0.29) is 18.2 Å². The molecule has 0 spiro atoms. The minimum Gasteiger partial charge on any atom is -0.493 e. The molecule has 0 saturated carbocycles. The largest absolute Gasteiger partial charge is 0.493 e. The minimum atomic E-state index is -0.548. The first-order valence-electron chi connectivity index (χ1n) is 9.38. The fraction of sp³-hybridized carbons (Fsp3) is 0.273. The second-order valence-electron chi connectivity index (χ2n) is 7.11. The molecule has 2 heterocycles. The smallest absolute Gasteiger partial charge is 0.230 e. The van der Waals surface area contributed by atoms with Gasteiger partial charge >= 0.3 is 0 Å². The summed E-state index contributed by atoms with van der Waals surface area (Å²) in [6.07, 6.45) is 1.99. The SMILES string of the molecule is COc1cccc([C@@H]2[C@@H](C(=O)Nc3ccc4cc[nH]c4c3)CC(=O)N2C)c1OC. The Kier molecular flexibility index (Phi) is 4.88.